The molecule has 1 rings (SSSR count). The maximum absolute atomic E-state index is 5.57. The van der Waals surface area contributed by atoms with E-state index in [9.17, 15) is 0 Å². The van der Waals surface area contributed by atoms with Gasteiger partial charge in [0.25, 0.3) is 0 Å². The Bertz CT molecular complexity index is 223. The molecule has 0 radical (unpaired) electrons. The SMILES string of the molecule is CNC1CC1CNCCCCCCCCCC(C)CCN. The molecule has 0 aromatic carbocycles. The number of nitrogens with two attached hydrogens (primary N) is 1. The van der Waals surface area contributed by atoms with Gasteiger partial charge in [-0.15, -0.1) is 0 Å². The Balaban J connectivity index is 1.69. The highest BCUT2D eigenvalue weighted by molar-refractivity contribution is 4.93. The first kappa shape index (κ1) is 18.9. The highest BCUT2D eigenvalue weighted by Crippen LogP contribution is 2.28. The minimum atomic E-state index is 0.796. The van der Waals surface area contributed by atoms with Crippen molar-refractivity contribution >= 4 is 0 Å². The molecular weight excluding hydrogens is 258 g/mol. The summed E-state index contributed by atoms with van der Waals surface area (Å²) in [5, 5.41) is 6.94. The van der Waals surface area contributed by atoms with E-state index >= 15 is 0 Å². The lowest BCUT2D eigenvalue weighted by atomic mass is 9.99. The van der Waals surface area contributed by atoms with Crippen LogP contribution in [0.25, 0.3) is 0 Å². The third-order valence-electron chi connectivity index (χ3n) is 4.91. The van der Waals surface area contributed by atoms with E-state index in [1.165, 1.54) is 77.3 Å². The average molecular weight is 298 g/mol. The predicted octanol–water partition coefficient (Wildman–Crippen LogP) is 3.29. The van der Waals surface area contributed by atoms with Gasteiger partial charge >= 0.3 is 0 Å². The van der Waals surface area contributed by atoms with Gasteiger partial charge in [0.15, 0.2) is 0 Å². The van der Waals surface area contributed by atoms with Gasteiger partial charge in [-0.25, -0.2) is 0 Å². The lowest BCUT2D eigenvalue weighted by Gasteiger charge is -2.09. The van der Waals surface area contributed by atoms with Crippen LogP contribution in [0.1, 0.15) is 71.1 Å². The lowest BCUT2D eigenvalue weighted by Crippen LogP contribution is -2.22. The van der Waals surface area contributed by atoms with Crippen LogP contribution in [0, 0.1) is 11.8 Å². The molecule has 0 amide bonds. The van der Waals surface area contributed by atoms with Gasteiger partial charge in [0, 0.05) is 6.04 Å². The molecule has 1 aliphatic carbocycles. The summed E-state index contributed by atoms with van der Waals surface area (Å²) in [6, 6.07) is 0.796. The van der Waals surface area contributed by atoms with Gasteiger partial charge in [0.1, 0.15) is 0 Å². The van der Waals surface area contributed by atoms with Gasteiger partial charge in [0.2, 0.25) is 0 Å². The molecule has 0 heterocycles. The van der Waals surface area contributed by atoms with Gasteiger partial charge < -0.3 is 16.4 Å². The molecule has 0 aromatic rings. The van der Waals surface area contributed by atoms with Crippen LogP contribution in [0.3, 0.4) is 0 Å². The summed E-state index contributed by atoms with van der Waals surface area (Å²) in [4.78, 5) is 0. The van der Waals surface area contributed by atoms with E-state index in [1.807, 2.05) is 0 Å². The zero-order valence-corrected chi connectivity index (χ0v) is 14.5. The van der Waals surface area contributed by atoms with E-state index in [0.717, 1.165) is 24.4 Å². The summed E-state index contributed by atoms with van der Waals surface area (Å²) in [7, 11) is 2.07. The monoisotopic (exact) mass is 297 g/mol. The minimum absolute atomic E-state index is 0.796. The second kappa shape index (κ2) is 12.4. The molecule has 0 saturated heterocycles. The van der Waals surface area contributed by atoms with Crippen LogP contribution in [-0.4, -0.2) is 32.7 Å². The summed E-state index contributed by atoms with van der Waals surface area (Å²) in [5.41, 5.74) is 5.57. The summed E-state index contributed by atoms with van der Waals surface area (Å²) < 4.78 is 0. The quantitative estimate of drug-likeness (QED) is 0.407. The third-order valence-corrected chi connectivity index (χ3v) is 4.91. The van der Waals surface area contributed by atoms with E-state index in [4.69, 9.17) is 5.73 Å². The van der Waals surface area contributed by atoms with Crippen molar-refractivity contribution in [1.82, 2.24) is 10.6 Å². The number of hydrogen-bond acceptors (Lipinski definition) is 3. The van der Waals surface area contributed by atoms with E-state index in [-0.39, 0.29) is 0 Å². The molecule has 0 bridgehead atoms. The Morgan fingerprint density at radius 3 is 2.29 bits per heavy atom. The molecule has 3 unspecified atom stereocenters. The highest BCUT2D eigenvalue weighted by Gasteiger charge is 2.34. The van der Waals surface area contributed by atoms with E-state index in [0.29, 0.717) is 0 Å². The predicted molar refractivity (Wildman–Crippen MR) is 93.6 cm³/mol. The van der Waals surface area contributed by atoms with Crippen molar-refractivity contribution in [3.63, 3.8) is 0 Å². The number of unbranched alkanes of at least 4 members (excludes halogenated alkanes) is 6. The maximum Gasteiger partial charge on any atom is 0.0109 e. The Morgan fingerprint density at radius 2 is 1.67 bits per heavy atom. The van der Waals surface area contributed by atoms with Crippen LogP contribution in [0.2, 0.25) is 0 Å². The molecule has 0 aromatic heterocycles. The van der Waals surface area contributed by atoms with Gasteiger partial charge in [-0.3, -0.25) is 0 Å². The van der Waals surface area contributed by atoms with Gasteiger partial charge in [-0.05, 0) is 57.8 Å². The highest BCUT2D eigenvalue weighted by atomic mass is 15.0. The topological polar surface area (TPSA) is 50.1 Å². The third kappa shape index (κ3) is 10.3. The van der Waals surface area contributed by atoms with Crippen molar-refractivity contribution in [2.45, 2.75) is 77.2 Å². The second-order valence-corrected chi connectivity index (χ2v) is 7.04. The molecule has 126 valence electrons. The van der Waals surface area contributed by atoms with E-state index in [1.54, 1.807) is 0 Å². The van der Waals surface area contributed by atoms with Crippen molar-refractivity contribution in [2.24, 2.45) is 17.6 Å². The molecule has 1 saturated carbocycles. The standard InChI is InChI=1S/C18H39N3/c1-16(11-12-19)10-8-6-4-3-5-7-9-13-21-15-17-14-18(17)20-2/h16-18,20-21H,3-15,19H2,1-2H3. The van der Waals surface area contributed by atoms with Crippen molar-refractivity contribution in [2.75, 3.05) is 26.7 Å². The van der Waals surface area contributed by atoms with E-state index < -0.39 is 0 Å². The number of rotatable bonds is 15. The fourth-order valence-corrected chi connectivity index (χ4v) is 3.17. The first-order valence-electron chi connectivity index (χ1n) is 9.36. The molecule has 0 spiro atoms. The van der Waals surface area contributed by atoms with E-state index in [2.05, 4.69) is 24.6 Å². The van der Waals surface area contributed by atoms with Gasteiger partial charge in [0.05, 0.1) is 0 Å². The Hall–Kier alpha value is -0.120. The molecule has 4 N–H and O–H groups in total. The smallest absolute Gasteiger partial charge is 0.0109 e. The lowest BCUT2D eigenvalue weighted by molar-refractivity contribution is 0.459. The van der Waals surface area contributed by atoms with Crippen molar-refractivity contribution in [3.05, 3.63) is 0 Å². The molecular formula is C18H39N3. The van der Waals surface area contributed by atoms with Crippen molar-refractivity contribution in [1.29, 1.82) is 0 Å². The first-order chi connectivity index (χ1) is 10.3. The largest absolute Gasteiger partial charge is 0.330 e. The van der Waals surface area contributed by atoms with Crippen LogP contribution in [0.4, 0.5) is 0 Å². The zero-order chi connectivity index (χ0) is 15.3. The summed E-state index contributed by atoms with van der Waals surface area (Å²) in [6.45, 7) is 5.61. The van der Waals surface area contributed by atoms with Crippen molar-refractivity contribution in [3.8, 4) is 0 Å². The summed E-state index contributed by atoms with van der Waals surface area (Å²) >= 11 is 0. The maximum atomic E-state index is 5.57. The number of hydrogen-bond donors (Lipinski definition) is 3. The van der Waals surface area contributed by atoms with Crippen LogP contribution < -0.4 is 16.4 Å². The normalized spacial score (nSPS) is 22.4. The van der Waals surface area contributed by atoms with Gasteiger partial charge in [-0.2, -0.15) is 0 Å². The second-order valence-electron chi connectivity index (χ2n) is 7.04. The summed E-state index contributed by atoms with van der Waals surface area (Å²) in [6.07, 6.45) is 13.8. The Morgan fingerprint density at radius 1 is 1.00 bits per heavy atom. The number of nitrogens with one attached hydrogen (secondary N) is 2. The van der Waals surface area contributed by atoms with Crippen LogP contribution in [-0.2, 0) is 0 Å². The Kier molecular flexibility index (Phi) is 11.2. The molecule has 3 atom stereocenters. The van der Waals surface area contributed by atoms with Crippen molar-refractivity contribution < 1.29 is 0 Å². The minimum Gasteiger partial charge on any atom is -0.330 e. The molecule has 1 aliphatic rings. The fraction of sp³-hybridized carbons (Fsp3) is 1.00. The van der Waals surface area contributed by atoms with Gasteiger partial charge in [-0.1, -0.05) is 51.9 Å². The average Bonchev–Trinajstić information content (AvgIpc) is 3.23. The van der Waals surface area contributed by atoms with Crippen LogP contribution >= 0.6 is 0 Å². The first-order valence-corrected chi connectivity index (χ1v) is 9.36. The summed E-state index contributed by atoms with van der Waals surface area (Å²) in [5.74, 6) is 1.73. The van der Waals surface area contributed by atoms with Crippen LogP contribution in [0.15, 0.2) is 0 Å². The molecule has 1 fully saturated rings. The molecule has 0 aliphatic heterocycles. The van der Waals surface area contributed by atoms with Crippen LogP contribution in [0.5, 0.6) is 0 Å². The Labute approximate surface area is 132 Å². The zero-order valence-electron chi connectivity index (χ0n) is 14.5. The fourth-order valence-electron chi connectivity index (χ4n) is 3.17. The molecule has 3 nitrogen and oxygen atoms in total. The molecule has 3 heteroatoms. The molecule has 21 heavy (non-hydrogen) atoms.